The molecule has 0 saturated heterocycles. The lowest BCUT2D eigenvalue weighted by atomic mass is 9.74. The first kappa shape index (κ1) is 16.7. The lowest BCUT2D eigenvalue weighted by Gasteiger charge is -2.34. The summed E-state index contributed by atoms with van der Waals surface area (Å²) < 4.78 is 0. The van der Waals surface area contributed by atoms with Crippen molar-refractivity contribution in [3.05, 3.63) is 0 Å². The molecule has 1 saturated carbocycles. The molecule has 1 aliphatic carbocycles. The van der Waals surface area contributed by atoms with Crippen molar-refractivity contribution in [2.45, 2.75) is 32.1 Å². The first-order valence-corrected chi connectivity index (χ1v) is 7.03. The van der Waals surface area contributed by atoms with Crippen LogP contribution in [0.5, 0.6) is 0 Å². The van der Waals surface area contributed by atoms with Crippen molar-refractivity contribution < 1.29 is 24.9 Å². The molecule has 7 heteroatoms. The van der Waals surface area contributed by atoms with Gasteiger partial charge in [-0.1, -0.05) is 19.3 Å². The fraction of sp³-hybridized carbons (Fsp3) is 0.846. The molecule has 0 aromatic heterocycles. The van der Waals surface area contributed by atoms with Crippen LogP contribution in [-0.2, 0) is 4.79 Å². The molecule has 0 aromatic carbocycles. The summed E-state index contributed by atoms with van der Waals surface area (Å²) in [5.41, 5.74) is -0.877. The zero-order valence-corrected chi connectivity index (χ0v) is 11.7. The number of amides is 2. The molecular weight excluding hydrogens is 264 g/mol. The number of hydrogen-bond acceptors (Lipinski definition) is 4. The number of aliphatic carboxylic acids is 1. The van der Waals surface area contributed by atoms with Gasteiger partial charge in [-0.05, 0) is 12.8 Å². The Morgan fingerprint density at radius 3 is 2.05 bits per heavy atom. The molecule has 2 amide bonds. The van der Waals surface area contributed by atoms with E-state index < -0.39 is 17.4 Å². The molecule has 1 aliphatic rings. The third-order valence-electron chi connectivity index (χ3n) is 3.87. The molecule has 1 fully saturated rings. The Morgan fingerprint density at radius 1 is 1.05 bits per heavy atom. The summed E-state index contributed by atoms with van der Waals surface area (Å²) in [6, 6.07) is -0.445. The predicted molar refractivity (Wildman–Crippen MR) is 72.3 cm³/mol. The highest BCUT2D eigenvalue weighted by Crippen LogP contribution is 2.36. The SMILES string of the molecule is O=C(NCC1(C(=O)O)CCCCC1)N(CCO)CCO. The minimum Gasteiger partial charge on any atom is -0.481 e. The van der Waals surface area contributed by atoms with E-state index in [9.17, 15) is 14.7 Å². The molecule has 20 heavy (non-hydrogen) atoms. The molecule has 4 N–H and O–H groups in total. The van der Waals surface area contributed by atoms with Crippen LogP contribution in [0, 0.1) is 5.41 Å². The number of carboxylic acids is 1. The largest absolute Gasteiger partial charge is 0.481 e. The molecule has 0 spiro atoms. The van der Waals surface area contributed by atoms with Gasteiger partial charge in [0.15, 0.2) is 0 Å². The van der Waals surface area contributed by atoms with Gasteiger partial charge in [-0.2, -0.15) is 0 Å². The highest BCUT2D eigenvalue weighted by atomic mass is 16.4. The van der Waals surface area contributed by atoms with Gasteiger partial charge in [0.05, 0.1) is 18.6 Å². The van der Waals surface area contributed by atoms with Crippen LogP contribution in [-0.4, -0.2) is 65.1 Å². The second-order valence-corrected chi connectivity index (χ2v) is 5.24. The lowest BCUT2D eigenvalue weighted by Crippen LogP contribution is -2.49. The molecule has 0 aliphatic heterocycles. The maximum absolute atomic E-state index is 11.9. The summed E-state index contributed by atoms with van der Waals surface area (Å²) in [6.07, 6.45) is 3.90. The third kappa shape index (κ3) is 4.35. The standard InChI is InChI=1S/C13H24N2O5/c16-8-6-15(7-9-17)12(20)14-10-13(11(18)19)4-2-1-3-5-13/h16-17H,1-10H2,(H,14,20)(H,18,19). The van der Waals surface area contributed by atoms with Gasteiger partial charge in [0.2, 0.25) is 0 Å². The van der Waals surface area contributed by atoms with Crippen LogP contribution >= 0.6 is 0 Å². The molecule has 1 rings (SSSR count). The molecule has 7 nitrogen and oxygen atoms in total. The van der Waals surface area contributed by atoms with Crippen molar-refractivity contribution in [3.63, 3.8) is 0 Å². The van der Waals surface area contributed by atoms with Crippen molar-refractivity contribution in [2.24, 2.45) is 5.41 Å². The van der Waals surface area contributed by atoms with Gasteiger partial charge in [-0.25, -0.2) is 4.79 Å². The van der Waals surface area contributed by atoms with E-state index in [2.05, 4.69) is 5.32 Å². The van der Waals surface area contributed by atoms with E-state index in [-0.39, 0.29) is 32.8 Å². The number of aliphatic hydroxyl groups is 2. The Labute approximate surface area is 118 Å². The summed E-state index contributed by atoms with van der Waals surface area (Å²) in [7, 11) is 0. The normalized spacial score (nSPS) is 17.5. The average Bonchev–Trinajstić information content (AvgIpc) is 2.45. The number of hydrogen-bond donors (Lipinski definition) is 4. The zero-order chi connectivity index (χ0) is 15.0. The molecule has 0 bridgehead atoms. The monoisotopic (exact) mass is 288 g/mol. The Hall–Kier alpha value is -1.34. The van der Waals surface area contributed by atoms with Gasteiger partial charge in [0, 0.05) is 19.6 Å². The van der Waals surface area contributed by atoms with Crippen molar-refractivity contribution >= 4 is 12.0 Å². The van der Waals surface area contributed by atoms with Crippen LogP contribution in [0.25, 0.3) is 0 Å². The van der Waals surface area contributed by atoms with Crippen LogP contribution in [0.4, 0.5) is 4.79 Å². The zero-order valence-electron chi connectivity index (χ0n) is 11.7. The Bertz CT molecular complexity index is 323. The van der Waals surface area contributed by atoms with E-state index >= 15 is 0 Å². The van der Waals surface area contributed by atoms with Gasteiger partial charge in [-0.3, -0.25) is 4.79 Å². The highest BCUT2D eigenvalue weighted by molar-refractivity contribution is 5.78. The van der Waals surface area contributed by atoms with Crippen molar-refractivity contribution in [3.8, 4) is 0 Å². The molecule has 0 unspecified atom stereocenters. The first-order chi connectivity index (χ1) is 9.55. The van der Waals surface area contributed by atoms with E-state index in [0.29, 0.717) is 12.8 Å². The summed E-state index contributed by atoms with van der Waals surface area (Å²) >= 11 is 0. The number of aliphatic hydroxyl groups excluding tert-OH is 2. The molecule has 0 heterocycles. The number of urea groups is 1. The van der Waals surface area contributed by atoms with Crippen LogP contribution in [0.2, 0.25) is 0 Å². The van der Waals surface area contributed by atoms with Crippen molar-refractivity contribution in [1.29, 1.82) is 0 Å². The first-order valence-electron chi connectivity index (χ1n) is 7.03. The minimum atomic E-state index is -0.877. The second-order valence-electron chi connectivity index (χ2n) is 5.24. The number of carboxylic acid groups (broad SMARTS) is 1. The molecule has 0 aromatic rings. The predicted octanol–water partition coefficient (Wildman–Crippen LogP) is 0.0177. The maximum Gasteiger partial charge on any atom is 0.317 e. The molecular formula is C13H24N2O5. The lowest BCUT2D eigenvalue weighted by molar-refractivity contribution is -0.150. The second kappa shape index (κ2) is 8.06. The number of carbonyl (C=O) groups is 2. The minimum absolute atomic E-state index is 0.0918. The van der Waals surface area contributed by atoms with E-state index in [4.69, 9.17) is 10.2 Å². The van der Waals surface area contributed by atoms with E-state index in [1.807, 2.05) is 0 Å². The fourth-order valence-electron chi connectivity index (χ4n) is 2.61. The quantitative estimate of drug-likeness (QED) is 0.528. The van der Waals surface area contributed by atoms with Crippen molar-refractivity contribution in [1.82, 2.24) is 10.2 Å². The van der Waals surface area contributed by atoms with E-state index in [1.54, 1.807) is 0 Å². The number of nitrogens with one attached hydrogen (secondary N) is 1. The van der Waals surface area contributed by atoms with Gasteiger partial charge in [-0.15, -0.1) is 0 Å². The average molecular weight is 288 g/mol. The third-order valence-corrected chi connectivity index (χ3v) is 3.87. The van der Waals surface area contributed by atoms with Gasteiger partial charge in [0.25, 0.3) is 0 Å². The van der Waals surface area contributed by atoms with Gasteiger partial charge >= 0.3 is 12.0 Å². The number of rotatable bonds is 7. The van der Waals surface area contributed by atoms with Gasteiger partial charge < -0.3 is 25.5 Å². The summed E-state index contributed by atoms with van der Waals surface area (Å²) in [5, 5.41) is 29.8. The topological polar surface area (TPSA) is 110 Å². The van der Waals surface area contributed by atoms with E-state index in [1.165, 1.54) is 4.90 Å². The van der Waals surface area contributed by atoms with Gasteiger partial charge in [0.1, 0.15) is 0 Å². The summed E-state index contributed by atoms with van der Waals surface area (Å²) in [5.74, 6) is -0.867. The molecule has 0 atom stereocenters. The van der Waals surface area contributed by atoms with Crippen LogP contribution in [0.1, 0.15) is 32.1 Å². The Balaban J connectivity index is 2.57. The van der Waals surface area contributed by atoms with Crippen molar-refractivity contribution in [2.75, 3.05) is 32.8 Å². The smallest absolute Gasteiger partial charge is 0.317 e. The van der Waals surface area contributed by atoms with Crippen LogP contribution in [0.15, 0.2) is 0 Å². The Kier molecular flexibility index (Phi) is 6.74. The number of nitrogens with zero attached hydrogens (tertiary/aromatic N) is 1. The van der Waals surface area contributed by atoms with Crippen LogP contribution in [0.3, 0.4) is 0 Å². The number of carbonyl (C=O) groups excluding carboxylic acids is 1. The summed E-state index contributed by atoms with van der Waals surface area (Å²) in [4.78, 5) is 24.7. The highest BCUT2D eigenvalue weighted by Gasteiger charge is 2.40. The summed E-state index contributed by atoms with van der Waals surface area (Å²) in [6.45, 7) is -0.0670. The maximum atomic E-state index is 11.9. The Morgan fingerprint density at radius 2 is 1.60 bits per heavy atom. The van der Waals surface area contributed by atoms with Crippen LogP contribution < -0.4 is 5.32 Å². The molecule has 116 valence electrons. The fourth-order valence-corrected chi connectivity index (χ4v) is 2.61. The van der Waals surface area contributed by atoms with E-state index in [0.717, 1.165) is 19.3 Å². The molecule has 0 radical (unpaired) electrons.